The van der Waals surface area contributed by atoms with Gasteiger partial charge in [-0.25, -0.2) is 4.98 Å². The van der Waals surface area contributed by atoms with Crippen molar-refractivity contribution in [1.29, 1.82) is 5.26 Å². The van der Waals surface area contributed by atoms with Crippen molar-refractivity contribution in [2.24, 2.45) is 0 Å². The lowest BCUT2D eigenvalue weighted by atomic mass is 10.1. The van der Waals surface area contributed by atoms with Crippen LogP contribution in [0.15, 0.2) is 30.6 Å². The first-order valence-corrected chi connectivity index (χ1v) is 8.07. The molecule has 6 nitrogen and oxygen atoms in total. The smallest absolute Gasteiger partial charge is 0.274 e. The van der Waals surface area contributed by atoms with Crippen LogP contribution in [0, 0.1) is 18.3 Å². The van der Waals surface area contributed by atoms with Crippen LogP contribution in [0.4, 0.5) is 11.4 Å². The summed E-state index contributed by atoms with van der Waals surface area (Å²) in [5.41, 5.74) is 2.99. The fraction of sp³-hybridized carbons (Fsp3) is 0.333. The first-order chi connectivity index (χ1) is 11.7. The van der Waals surface area contributed by atoms with Gasteiger partial charge < -0.3 is 10.2 Å². The van der Waals surface area contributed by atoms with Gasteiger partial charge in [-0.15, -0.1) is 0 Å². The summed E-state index contributed by atoms with van der Waals surface area (Å²) < 4.78 is 0. The van der Waals surface area contributed by atoms with E-state index >= 15 is 0 Å². The average molecular weight is 321 g/mol. The number of hydrogen-bond donors (Lipinski definition) is 1. The molecule has 0 spiro atoms. The summed E-state index contributed by atoms with van der Waals surface area (Å²) in [5, 5.41) is 11.9. The average Bonchev–Trinajstić information content (AvgIpc) is 2.63. The topological polar surface area (TPSA) is 81.9 Å². The van der Waals surface area contributed by atoms with Crippen molar-refractivity contribution in [3.63, 3.8) is 0 Å². The van der Waals surface area contributed by atoms with Crippen LogP contribution in [0.25, 0.3) is 0 Å². The zero-order valence-electron chi connectivity index (χ0n) is 13.6. The van der Waals surface area contributed by atoms with E-state index in [9.17, 15) is 4.79 Å². The van der Waals surface area contributed by atoms with E-state index < -0.39 is 0 Å². The third-order valence-corrected chi connectivity index (χ3v) is 4.18. The predicted molar refractivity (Wildman–Crippen MR) is 91.9 cm³/mol. The van der Waals surface area contributed by atoms with E-state index in [0.29, 0.717) is 22.6 Å². The Morgan fingerprint density at radius 1 is 1.25 bits per heavy atom. The van der Waals surface area contributed by atoms with Crippen molar-refractivity contribution in [2.45, 2.75) is 26.2 Å². The van der Waals surface area contributed by atoms with E-state index in [0.717, 1.165) is 31.6 Å². The molecule has 0 bridgehead atoms. The van der Waals surface area contributed by atoms with E-state index in [-0.39, 0.29) is 5.91 Å². The van der Waals surface area contributed by atoms with Gasteiger partial charge in [0.1, 0.15) is 11.8 Å². The monoisotopic (exact) mass is 321 g/mol. The lowest BCUT2D eigenvalue weighted by Crippen LogP contribution is -2.30. The van der Waals surface area contributed by atoms with Crippen LogP contribution in [-0.4, -0.2) is 29.0 Å². The molecular formula is C18H19N5O. The second kappa shape index (κ2) is 7.09. The molecule has 1 saturated heterocycles. The standard InChI is InChI=1S/C18H19N5O/c1-13-14(11-19)5-6-15(21-13)18(24)22-16-12-20-8-7-17(16)23-9-3-2-4-10-23/h5-8,12H,2-4,9-10H2,1H3,(H,22,24). The summed E-state index contributed by atoms with van der Waals surface area (Å²) in [5.74, 6) is -0.297. The van der Waals surface area contributed by atoms with Gasteiger partial charge in [-0.2, -0.15) is 5.26 Å². The minimum atomic E-state index is -0.297. The van der Waals surface area contributed by atoms with Crippen LogP contribution < -0.4 is 10.2 Å². The first kappa shape index (κ1) is 15.9. The quantitative estimate of drug-likeness (QED) is 0.940. The van der Waals surface area contributed by atoms with E-state index in [1.807, 2.05) is 6.07 Å². The zero-order valence-corrected chi connectivity index (χ0v) is 13.6. The molecule has 122 valence electrons. The Morgan fingerprint density at radius 3 is 2.75 bits per heavy atom. The fourth-order valence-corrected chi connectivity index (χ4v) is 2.89. The number of nitrogens with zero attached hydrogens (tertiary/aromatic N) is 4. The van der Waals surface area contributed by atoms with E-state index in [1.165, 1.54) is 6.42 Å². The number of nitrogens with one attached hydrogen (secondary N) is 1. The van der Waals surface area contributed by atoms with Crippen LogP contribution in [0.3, 0.4) is 0 Å². The molecular weight excluding hydrogens is 302 g/mol. The van der Waals surface area contributed by atoms with Gasteiger partial charge in [-0.3, -0.25) is 9.78 Å². The summed E-state index contributed by atoms with van der Waals surface area (Å²) in [6.07, 6.45) is 6.97. The summed E-state index contributed by atoms with van der Waals surface area (Å²) in [6.45, 7) is 3.70. The molecule has 6 heteroatoms. The Kier molecular flexibility index (Phi) is 4.71. The minimum Gasteiger partial charge on any atom is -0.370 e. The fourth-order valence-electron chi connectivity index (χ4n) is 2.89. The summed E-state index contributed by atoms with van der Waals surface area (Å²) in [4.78, 5) is 23.1. The Balaban J connectivity index is 1.82. The van der Waals surface area contributed by atoms with Crippen LogP contribution in [0.1, 0.15) is 41.0 Å². The van der Waals surface area contributed by atoms with Gasteiger partial charge in [0.25, 0.3) is 5.91 Å². The van der Waals surface area contributed by atoms with E-state index in [1.54, 1.807) is 31.5 Å². The van der Waals surface area contributed by atoms with Crippen LogP contribution in [0.5, 0.6) is 0 Å². The molecule has 0 unspecified atom stereocenters. The zero-order chi connectivity index (χ0) is 16.9. The number of nitriles is 1. The van der Waals surface area contributed by atoms with Crippen LogP contribution in [-0.2, 0) is 0 Å². The van der Waals surface area contributed by atoms with Crippen molar-refractivity contribution in [2.75, 3.05) is 23.3 Å². The second-order valence-electron chi connectivity index (χ2n) is 5.84. The number of pyridine rings is 2. The van der Waals surface area contributed by atoms with Crippen molar-refractivity contribution >= 4 is 17.3 Å². The highest BCUT2D eigenvalue weighted by molar-refractivity contribution is 6.04. The first-order valence-electron chi connectivity index (χ1n) is 8.07. The maximum absolute atomic E-state index is 12.5. The van der Waals surface area contributed by atoms with Gasteiger partial charge in [-0.05, 0) is 44.4 Å². The third kappa shape index (κ3) is 3.35. The Hall–Kier alpha value is -2.94. The molecule has 2 aromatic heterocycles. The Labute approximate surface area is 141 Å². The number of aromatic nitrogens is 2. The van der Waals surface area contributed by atoms with Crippen LogP contribution in [0.2, 0.25) is 0 Å². The van der Waals surface area contributed by atoms with Crippen molar-refractivity contribution < 1.29 is 4.79 Å². The number of aryl methyl sites for hydroxylation is 1. The highest BCUT2D eigenvalue weighted by atomic mass is 16.1. The third-order valence-electron chi connectivity index (χ3n) is 4.18. The molecule has 1 N–H and O–H groups in total. The predicted octanol–water partition coefficient (Wildman–Crippen LogP) is 2.90. The molecule has 1 aliphatic rings. The highest BCUT2D eigenvalue weighted by Crippen LogP contribution is 2.27. The minimum absolute atomic E-state index is 0.292. The molecule has 1 aliphatic heterocycles. The molecule has 1 amide bonds. The van der Waals surface area contributed by atoms with Crippen molar-refractivity contribution in [3.05, 3.63) is 47.5 Å². The van der Waals surface area contributed by atoms with Crippen LogP contribution >= 0.6 is 0 Å². The molecule has 0 aromatic carbocycles. The molecule has 3 heterocycles. The summed E-state index contributed by atoms with van der Waals surface area (Å²) in [7, 11) is 0. The maximum atomic E-state index is 12.5. The van der Waals surface area contributed by atoms with Gasteiger partial charge in [0, 0.05) is 19.3 Å². The normalized spacial score (nSPS) is 14.1. The van der Waals surface area contributed by atoms with Gasteiger partial charge in [0.15, 0.2) is 0 Å². The molecule has 3 rings (SSSR count). The number of carbonyl (C=O) groups is 1. The van der Waals surface area contributed by atoms with Crippen molar-refractivity contribution in [3.8, 4) is 6.07 Å². The number of anilines is 2. The van der Waals surface area contributed by atoms with E-state index in [4.69, 9.17) is 5.26 Å². The molecule has 2 aromatic rings. The highest BCUT2D eigenvalue weighted by Gasteiger charge is 2.17. The van der Waals surface area contributed by atoms with Gasteiger partial charge in [-0.1, -0.05) is 0 Å². The molecule has 0 saturated carbocycles. The number of hydrogen-bond acceptors (Lipinski definition) is 5. The summed E-state index contributed by atoms with van der Waals surface area (Å²) in [6, 6.07) is 7.17. The van der Waals surface area contributed by atoms with Gasteiger partial charge in [0.05, 0.1) is 28.8 Å². The lowest BCUT2D eigenvalue weighted by Gasteiger charge is -2.30. The van der Waals surface area contributed by atoms with E-state index in [2.05, 4.69) is 26.3 Å². The summed E-state index contributed by atoms with van der Waals surface area (Å²) >= 11 is 0. The molecule has 1 fully saturated rings. The van der Waals surface area contributed by atoms with Gasteiger partial charge >= 0.3 is 0 Å². The molecule has 0 atom stereocenters. The molecule has 24 heavy (non-hydrogen) atoms. The SMILES string of the molecule is Cc1nc(C(=O)Nc2cnccc2N2CCCCC2)ccc1C#N. The van der Waals surface area contributed by atoms with Crippen molar-refractivity contribution in [1.82, 2.24) is 9.97 Å². The largest absolute Gasteiger partial charge is 0.370 e. The molecule has 0 radical (unpaired) electrons. The number of amides is 1. The Bertz CT molecular complexity index is 790. The molecule has 0 aliphatic carbocycles. The number of carbonyl (C=O) groups excluding carboxylic acids is 1. The second-order valence-corrected chi connectivity index (χ2v) is 5.84. The van der Waals surface area contributed by atoms with Gasteiger partial charge in [0.2, 0.25) is 0 Å². The lowest BCUT2D eigenvalue weighted by molar-refractivity contribution is 0.102. The number of piperidine rings is 1. The Morgan fingerprint density at radius 2 is 2.04 bits per heavy atom. The number of rotatable bonds is 3. The maximum Gasteiger partial charge on any atom is 0.274 e.